The summed E-state index contributed by atoms with van der Waals surface area (Å²) >= 11 is 0. The van der Waals surface area contributed by atoms with Crippen LogP contribution in [-0.4, -0.2) is 32.1 Å². The fourth-order valence-corrected chi connectivity index (χ4v) is 3.24. The number of carbonyl (C=O) groups excluding carboxylic acids is 1. The van der Waals surface area contributed by atoms with Gasteiger partial charge in [0.25, 0.3) is 11.7 Å². The lowest BCUT2D eigenvalue weighted by molar-refractivity contribution is -0.374. The molecule has 0 radical (unpaired) electrons. The summed E-state index contributed by atoms with van der Waals surface area (Å²) in [6.45, 7) is 7.49. The van der Waals surface area contributed by atoms with Crippen LogP contribution in [-0.2, 0) is 0 Å². The summed E-state index contributed by atoms with van der Waals surface area (Å²) < 4.78 is 0. The fourth-order valence-electron chi connectivity index (χ4n) is 3.24. The zero-order chi connectivity index (χ0) is 16.4. The number of hydrogen-bond donors (Lipinski definition) is 1. The second-order valence-corrected chi connectivity index (χ2v) is 6.03. The standard InChI is InChI=1S/C18H22N4O/c1-13-12-14(2)20-18(16(13)17(19)23)22-10-8-21(9-11-22)15-6-4-3-5-7-15/h3-7,12H,8-11H2,1-2H3,(H2,19,23)/p+1. The molecule has 0 bridgehead atoms. The number of carbonyl (C=O) groups is 1. The zero-order valence-electron chi connectivity index (χ0n) is 13.7. The van der Waals surface area contributed by atoms with Crippen LogP contribution in [0, 0.1) is 13.8 Å². The minimum absolute atomic E-state index is 0.376. The Balaban J connectivity index is 1.82. The van der Waals surface area contributed by atoms with E-state index in [1.165, 1.54) is 5.69 Å². The summed E-state index contributed by atoms with van der Waals surface area (Å²) in [6, 6.07) is 12.4. The van der Waals surface area contributed by atoms with Crippen molar-refractivity contribution in [1.29, 1.82) is 0 Å². The van der Waals surface area contributed by atoms with Gasteiger partial charge in [-0.05, 0) is 37.6 Å². The lowest BCUT2D eigenvalue weighted by Gasteiger charge is -2.33. The molecule has 0 aliphatic carbocycles. The van der Waals surface area contributed by atoms with E-state index in [0.29, 0.717) is 5.56 Å². The molecular formula is C18H23N4O+. The number of nitrogens with two attached hydrogens (primary N) is 1. The second-order valence-electron chi connectivity index (χ2n) is 6.03. The number of nitrogens with one attached hydrogen (secondary N) is 1. The molecule has 23 heavy (non-hydrogen) atoms. The Morgan fingerprint density at radius 1 is 1.04 bits per heavy atom. The third-order valence-corrected chi connectivity index (χ3v) is 4.34. The number of piperazine rings is 1. The lowest BCUT2D eigenvalue weighted by Crippen LogP contribution is -2.49. The Hall–Kier alpha value is -2.56. The number of para-hydroxylation sites is 1. The van der Waals surface area contributed by atoms with E-state index in [9.17, 15) is 4.79 Å². The second kappa shape index (κ2) is 6.28. The third-order valence-electron chi connectivity index (χ3n) is 4.34. The molecule has 1 fully saturated rings. The number of amides is 1. The van der Waals surface area contributed by atoms with Crippen LogP contribution in [0.1, 0.15) is 21.6 Å². The van der Waals surface area contributed by atoms with E-state index < -0.39 is 0 Å². The number of rotatable bonds is 3. The maximum atomic E-state index is 11.8. The Morgan fingerprint density at radius 3 is 2.26 bits per heavy atom. The van der Waals surface area contributed by atoms with Gasteiger partial charge in [-0.15, -0.1) is 0 Å². The van der Waals surface area contributed by atoms with Crippen molar-refractivity contribution in [2.45, 2.75) is 13.8 Å². The molecule has 5 heteroatoms. The highest BCUT2D eigenvalue weighted by molar-refractivity contribution is 5.98. The van der Waals surface area contributed by atoms with Crippen molar-refractivity contribution in [3.05, 3.63) is 53.2 Å². The van der Waals surface area contributed by atoms with E-state index >= 15 is 0 Å². The SMILES string of the molecule is Cc1cc(C)c(C(N)=O)c(N2CCN(c3ccccc3)CC2)[nH+]1. The number of nitrogens with zero attached hydrogens (tertiary/aromatic N) is 2. The highest BCUT2D eigenvalue weighted by Gasteiger charge is 2.29. The first kappa shape index (κ1) is 15.3. The summed E-state index contributed by atoms with van der Waals surface area (Å²) in [4.78, 5) is 19.8. The number of hydrogen-bond acceptors (Lipinski definition) is 3. The molecule has 5 nitrogen and oxygen atoms in total. The van der Waals surface area contributed by atoms with Gasteiger partial charge in [0, 0.05) is 5.69 Å². The molecule has 1 aromatic heterocycles. The molecule has 1 aliphatic heterocycles. The zero-order valence-corrected chi connectivity index (χ0v) is 13.7. The van der Waals surface area contributed by atoms with E-state index in [-0.39, 0.29) is 5.91 Å². The monoisotopic (exact) mass is 311 g/mol. The molecule has 3 rings (SSSR count). The van der Waals surface area contributed by atoms with Crippen molar-refractivity contribution in [3.8, 4) is 0 Å². The number of aryl methyl sites for hydroxylation is 2. The van der Waals surface area contributed by atoms with Crippen molar-refractivity contribution in [2.24, 2.45) is 5.73 Å². The van der Waals surface area contributed by atoms with Gasteiger partial charge in [0.15, 0.2) is 0 Å². The predicted octanol–water partition coefficient (Wildman–Crippen LogP) is 1.54. The number of primary amides is 1. The van der Waals surface area contributed by atoms with E-state index in [1.54, 1.807) is 0 Å². The van der Waals surface area contributed by atoms with E-state index in [4.69, 9.17) is 5.73 Å². The molecule has 1 saturated heterocycles. The molecule has 120 valence electrons. The fraction of sp³-hybridized carbons (Fsp3) is 0.333. The van der Waals surface area contributed by atoms with Crippen molar-refractivity contribution in [2.75, 3.05) is 36.0 Å². The van der Waals surface area contributed by atoms with Gasteiger partial charge in [-0.2, -0.15) is 0 Å². The average molecular weight is 311 g/mol. The van der Waals surface area contributed by atoms with Gasteiger partial charge in [-0.1, -0.05) is 18.2 Å². The molecular weight excluding hydrogens is 288 g/mol. The van der Waals surface area contributed by atoms with Crippen molar-refractivity contribution in [3.63, 3.8) is 0 Å². The topological polar surface area (TPSA) is 63.7 Å². The summed E-state index contributed by atoms with van der Waals surface area (Å²) in [5, 5.41) is 0. The quantitative estimate of drug-likeness (QED) is 0.935. The van der Waals surface area contributed by atoms with Crippen molar-refractivity contribution in [1.82, 2.24) is 0 Å². The number of aromatic nitrogens is 1. The molecule has 0 atom stereocenters. The first-order chi connectivity index (χ1) is 11.1. The van der Waals surface area contributed by atoms with Crippen molar-refractivity contribution < 1.29 is 9.78 Å². The minimum atomic E-state index is -0.376. The number of H-pyrrole nitrogens is 1. The van der Waals surface area contributed by atoms with E-state index in [0.717, 1.165) is 43.3 Å². The van der Waals surface area contributed by atoms with Gasteiger partial charge >= 0.3 is 0 Å². The summed E-state index contributed by atoms with van der Waals surface area (Å²) in [5.41, 5.74) is 9.40. The van der Waals surface area contributed by atoms with Crippen LogP contribution in [0.3, 0.4) is 0 Å². The summed E-state index contributed by atoms with van der Waals surface area (Å²) in [5.74, 6) is 0.474. The Labute approximate surface area is 136 Å². The lowest BCUT2D eigenvalue weighted by atomic mass is 10.1. The molecule has 0 unspecified atom stereocenters. The van der Waals surface area contributed by atoms with Gasteiger partial charge in [0.2, 0.25) is 0 Å². The molecule has 1 amide bonds. The maximum absolute atomic E-state index is 11.8. The molecule has 0 spiro atoms. The van der Waals surface area contributed by atoms with Gasteiger partial charge in [-0.25, -0.2) is 4.98 Å². The van der Waals surface area contributed by atoms with Crippen molar-refractivity contribution >= 4 is 17.4 Å². The average Bonchev–Trinajstić information content (AvgIpc) is 2.54. The van der Waals surface area contributed by atoms with Crippen LogP contribution >= 0.6 is 0 Å². The molecule has 1 aromatic carbocycles. The van der Waals surface area contributed by atoms with Crippen LogP contribution in [0.5, 0.6) is 0 Å². The molecule has 1 aliphatic rings. The highest BCUT2D eigenvalue weighted by atomic mass is 16.1. The third kappa shape index (κ3) is 3.13. The number of anilines is 2. The predicted molar refractivity (Wildman–Crippen MR) is 91.9 cm³/mol. The summed E-state index contributed by atoms with van der Waals surface area (Å²) in [6.07, 6.45) is 0. The van der Waals surface area contributed by atoms with Gasteiger partial charge in [0.1, 0.15) is 18.7 Å². The van der Waals surface area contributed by atoms with Crippen LogP contribution in [0.4, 0.5) is 11.5 Å². The highest BCUT2D eigenvalue weighted by Crippen LogP contribution is 2.22. The molecule has 2 heterocycles. The van der Waals surface area contributed by atoms with Crippen LogP contribution in [0.25, 0.3) is 0 Å². The van der Waals surface area contributed by atoms with Crippen LogP contribution < -0.4 is 20.5 Å². The Morgan fingerprint density at radius 2 is 1.65 bits per heavy atom. The molecule has 3 N–H and O–H groups in total. The normalized spacial score (nSPS) is 14.9. The number of pyridine rings is 1. The number of aromatic amines is 1. The Bertz CT molecular complexity index is 706. The maximum Gasteiger partial charge on any atom is 0.287 e. The van der Waals surface area contributed by atoms with Crippen LogP contribution in [0.2, 0.25) is 0 Å². The molecule has 0 saturated carbocycles. The van der Waals surface area contributed by atoms with Gasteiger partial charge < -0.3 is 10.6 Å². The van der Waals surface area contributed by atoms with Crippen LogP contribution in [0.15, 0.2) is 36.4 Å². The first-order valence-electron chi connectivity index (χ1n) is 7.94. The van der Waals surface area contributed by atoms with E-state index in [2.05, 4.69) is 39.0 Å². The largest absolute Gasteiger partial charge is 0.365 e. The van der Waals surface area contributed by atoms with Gasteiger partial charge in [0.05, 0.1) is 18.8 Å². The van der Waals surface area contributed by atoms with Gasteiger partial charge in [-0.3, -0.25) is 9.69 Å². The minimum Gasteiger partial charge on any atom is -0.365 e. The molecule has 2 aromatic rings. The van der Waals surface area contributed by atoms with E-state index in [1.807, 2.05) is 26.0 Å². The summed E-state index contributed by atoms with van der Waals surface area (Å²) in [7, 11) is 0. The first-order valence-corrected chi connectivity index (χ1v) is 7.94. The smallest absolute Gasteiger partial charge is 0.287 e. The Kier molecular flexibility index (Phi) is 4.19. The number of benzene rings is 1.